The van der Waals surface area contributed by atoms with E-state index in [1.165, 1.54) is 0 Å². The Hall–Kier alpha value is -1.15. The van der Waals surface area contributed by atoms with Crippen LogP contribution < -0.4 is 0 Å². The van der Waals surface area contributed by atoms with E-state index in [9.17, 15) is 26.0 Å². The zero-order valence-electron chi connectivity index (χ0n) is 9.08. The van der Waals surface area contributed by atoms with Gasteiger partial charge >= 0.3 is 6.18 Å². The van der Waals surface area contributed by atoms with Crippen molar-refractivity contribution in [2.45, 2.75) is 11.1 Å². The molecule has 0 aliphatic carbocycles. The third-order valence-corrected chi connectivity index (χ3v) is 3.63. The highest BCUT2D eigenvalue weighted by Gasteiger charge is 2.27. The molecule has 0 saturated heterocycles. The lowest BCUT2D eigenvalue weighted by Crippen LogP contribution is -2.20. The quantitative estimate of drug-likeness (QED) is 0.473. The molecule has 1 aromatic carbocycles. The minimum Gasteiger partial charge on any atom is -0.371 e. The summed E-state index contributed by atoms with van der Waals surface area (Å²) >= 11 is 0. The van der Waals surface area contributed by atoms with Gasteiger partial charge in [0, 0.05) is 0 Å². The second-order valence-electron chi connectivity index (χ2n) is 3.44. The van der Waals surface area contributed by atoms with Gasteiger partial charge in [0.05, 0.1) is 17.3 Å². The molecule has 0 N–H and O–H groups in total. The van der Waals surface area contributed by atoms with Crippen molar-refractivity contribution in [3.8, 4) is 0 Å². The highest BCUT2D eigenvalue weighted by molar-refractivity contribution is 7.91. The average molecular weight is 286 g/mol. The maximum Gasteiger partial charge on any atom is 0.411 e. The molecular weight excluding hydrogens is 276 g/mol. The highest BCUT2D eigenvalue weighted by atomic mass is 32.2. The van der Waals surface area contributed by atoms with E-state index in [-0.39, 0.29) is 4.90 Å². The van der Waals surface area contributed by atoms with Crippen LogP contribution in [0.3, 0.4) is 0 Å². The predicted molar refractivity (Wildman–Crippen MR) is 55.3 cm³/mol. The smallest absolute Gasteiger partial charge is 0.371 e. The second-order valence-corrected chi connectivity index (χ2v) is 5.55. The maximum atomic E-state index is 12.6. The van der Waals surface area contributed by atoms with Gasteiger partial charge in [-0.1, -0.05) is 0 Å². The summed E-state index contributed by atoms with van der Waals surface area (Å²) in [5.41, 5.74) is 0. The van der Waals surface area contributed by atoms with Gasteiger partial charge in [-0.2, -0.15) is 13.2 Å². The van der Waals surface area contributed by atoms with Crippen LogP contribution >= 0.6 is 0 Å². The Balaban J connectivity index is 2.53. The number of hydrogen-bond donors (Lipinski definition) is 0. The van der Waals surface area contributed by atoms with Gasteiger partial charge in [-0.15, -0.1) is 0 Å². The molecule has 0 aliphatic heterocycles. The molecule has 0 aliphatic rings. The minimum absolute atomic E-state index is 0.153. The standard InChI is InChI=1S/C10H10F4O3S/c11-8-1-3-9(4-2-8)18(15,16)6-5-17-7-10(12,13)14/h1-4H,5-7H2. The molecule has 0 unspecified atom stereocenters. The van der Waals surface area contributed by atoms with Crippen LogP contribution in [0, 0.1) is 5.82 Å². The lowest BCUT2D eigenvalue weighted by Gasteiger charge is -2.08. The molecule has 102 valence electrons. The van der Waals surface area contributed by atoms with Crippen LogP contribution in [0.4, 0.5) is 17.6 Å². The molecule has 0 spiro atoms. The Morgan fingerprint density at radius 3 is 2.17 bits per heavy atom. The Kier molecular flexibility index (Phi) is 4.69. The Morgan fingerprint density at radius 1 is 1.11 bits per heavy atom. The van der Waals surface area contributed by atoms with Crippen molar-refractivity contribution in [3.63, 3.8) is 0 Å². The molecule has 1 rings (SSSR count). The zero-order valence-corrected chi connectivity index (χ0v) is 9.89. The van der Waals surface area contributed by atoms with Gasteiger partial charge in [0.1, 0.15) is 12.4 Å². The first-order valence-electron chi connectivity index (χ1n) is 4.83. The largest absolute Gasteiger partial charge is 0.411 e. The molecule has 0 aromatic heterocycles. The Morgan fingerprint density at radius 2 is 1.67 bits per heavy atom. The van der Waals surface area contributed by atoms with Crippen LogP contribution in [0.5, 0.6) is 0 Å². The van der Waals surface area contributed by atoms with Gasteiger partial charge in [-0.05, 0) is 24.3 Å². The maximum absolute atomic E-state index is 12.6. The van der Waals surface area contributed by atoms with Crippen LogP contribution in [0.25, 0.3) is 0 Å². The predicted octanol–water partition coefficient (Wildman–Crippen LogP) is 2.18. The molecule has 0 atom stereocenters. The fourth-order valence-corrected chi connectivity index (χ4v) is 2.24. The van der Waals surface area contributed by atoms with Crippen LogP contribution in [0.1, 0.15) is 0 Å². The first-order chi connectivity index (χ1) is 8.21. The average Bonchev–Trinajstić information content (AvgIpc) is 2.24. The van der Waals surface area contributed by atoms with Gasteiger partial charge < -0.3 is 4.74 Å². The van der Waals surface area contributed by atoms with E-state index in [0.717, 1.165) is 24.3 Å². The van der Waals surface area contributed by atoms with Crippen molar-refractivity contribution in [2.75, 3.05) is 19.0 Å². The van der Waals surface area contributed by atoms with E-state index in [4.69, 9.17) is 0 Å². The number of rotatable bonds is 5. The monoisotopic (exact) mass is 286 g/mol. The third kappa shape index (κ3) is 5.01. The Bertz CT molecular complexity index is 479. The van der Waals surface area contributed by atoms with E-state index in [0.29, 0.717) is 0 Å². The van der Waals surface area contributed by atoms with Crippen molar-refractivity contribution >= 4 is 9.84 Å². The van der Waals surface area contributed by atoms with Crippen LogP contribution in [0.2, 0.25) is 0 Å². The van der Waals surface area contributed by atoms with E-state index < -0.39 is 40.8 Å². The fourth-order valence-electron chi connectivity index (χ4n) is 1.12. The topological polar surface area (TPSA) is 43.4 Å². The SMILES string of the molecule is O=S(=O)(CCOCC(F)(F)F)c1ccc(F)cc1. The van der Waals surface area contributed by atoms with E-state index in [1.54, 1.807) is 0 Å². The highest BCUT2D eigenvalue weighted by Crippen LogP contribution is 2.15. The molecule has 0 radical (unpaired) electrons. The molecule has 0 fully saturated rings. The van der Waals surface area contributed by atoms with E-state index >= 15 is 0 Å². The van der Waals surface area contributed by atoms with Crippen molar-refractivity contribution in [2.24, 2.45) is 0 Å². The third-order valence-electron chi connectivity index (χ3n) is 1.93. The first kappa shape index (κ1) is 14.9. The molecule has 8 heteroatoms. The number of ether oxygens (including phenoxy) is 1. The number of alkyl halides is 3. The molecule has 0 saturated carbocycles. The second kappa shape index (κ2) is 5.66. The van der Waals surface area contributed by atoms with Crippen molar-refractivity contribution in [1.82, 2.24) is 0 Å². The number of sulfone groups is 1. The molecule has 0 bridgehead atoms. The summed E-state index contributed by atoms with van der Waals surface area (Å²) in [5, 5.41) is 0. The number of hydrogen-bond acceptors (Lipinski definition) is 3. The van der Waals surface area contributed by atoms with Crippen LogP contribution in [-0.2, 0) is 14.6 Å². The summed E-state index contributed by atoms with van der Waals surface area (Å²) in [6, 6.07) is 4.02. The number of benzene rings is 1. The molecular formula is C10H10F4O3S. The van der Waals surface area contributed by atoms with Crippen molar-refractivity contribution < 1.29 is 30.7 Å². The summed E-state index contributed by atoms with van der Waals surface area (Å²) in [4.78, 5) is -0.153. The van der Waals surface area contributed by atoms with Crippen molar-refractivity contribution in [1.29, 1.82) is 0 Å². The van der Waals surface area contributed by atoms with Gasteiger partial charge in [0.25, 0.3) is 0 Å². The lowest BCUT2D eigenvalue weighted by atomic mass is 10.4. The normalized spacial score (nSPS) is 12.7. The summed E-state index contributed by atoms with van der Waals surface area (Å²) < 4.78 is 75.1. The Labute approximate surface area is 101 Å². The fraction of sp³-hybridized carbons (Fsp3) is 0.400. The number of halogens is 4. The zero-order chi connectivity index (χ0) is 13.8. The van der Waals surface area contributed by atoms with Gasteiger partial charge in [0.2, 0.25) is 0 Å². The van der Waals surface area contributed by atoms with Gasteiger partial charge in [-0.25, -0.2) is 12.8 Å². The lowest BCUT2D eigenvalue weighted by molar-refractivity contribution is -0.172. The first-order valence-corrected chi connectivity index (χ1v) is 6.49. The molecule has 0 heterocycles. The summed E-state index contributed by atoms with van der Waals surface area (Å²) in [6.45, 7) is -2.06. The summed E-state index contributed by atoms with van der Waals surface area (Å²) in [6.07, 6.45) is -4.49. The van der Waals surface area contributed by atoms with Gasteiger partial charge in [-0.3, -0.25) is 0 Å². The van der Waals surface area contributed by atoms with Crippen molar-refractivity contribution in [3.05, 3.63) is 30.1 Å². The minimum atomic E-state index is -4.49. The summed E-state index contributed by atoms with van der Waals surface area (Å²) in [5.74, 6) is -1.18. The molecule has 3 nitrogen and oxygen atoms in total. The van der Waals surface area contributed by atoms with Gasteiger partial charge in [0.15, 0.2) is 9.84 Å². The molecule has 18 heavy (non-hydrogen) atoms. The van der Waals surface area contributed by atoms with Crippen LogP contribution in [-0.4, -0.2) is 33.6 Å². The van der Waals surface area contributed by atoms with E-state index in [1.807, 2.05) is 0 Å². The van der Waals surface area contributed by atoms with E-state index in [2.05, 4.69) is 4.74 Å². The van der Waals surface area contributed by atoms with Crippen LogP contribution in [0.15, 0.2) is 29.2 Å². The molecule has 0 amide bonds. The summed E-state index contributed by atoms with van der Waals surface area (Å²) in [7, 11) is -3.75. The molecule has 1 aromatic rings.